The van der Waals surface area contributed by atoms with Crippen LogP contribution in [-0.2, 0) is 19.3 Å². The highest BCUT2D eigenvalue weighted by molar-refractivity contribution is 7.80. The van der Waals surface area contributed by atoms with Gasteiger partial charge in [-0.2, -0.15) is 0 Å². The lowest BCUT2D eigenvalue weighted by Crippen LogP contribution is -2.10. The number of rotatable bonds is 11. The van der Waals surface area contributed by atoms with Crippen LogP contribution in [0.15, 0.2) is 0 Å². The highest BCUT2D eigenvalue weighted by Crippen LogP contribution is 2.04. The summed E-state index contributed by atoms with van der Waals surface area (Å²) < 4.78 is 39.2. The molecular formula is C11H24O5S. The van der Waals surface area contributed by atoms with E-state index in [1.54, 1.807) is 0 Å². The molecule has 5 nitrogen and oxygen atoms in total. The highest BCUT2D eigenvalue weighted by Gasteiger charge is 1.95. The Hall–Kier alpha value is -0.300. The van der Waals surface area contributed by atoms with E-state index >= 15 is 0 Å². The summed E-state index contributed by atoms with van der Waals surface area (Å²) in [7, 11) is -4.56. The van der Waals surface area contributed by atoms with E-state index in [4.69, 9.17) is 4.74 Å². The monoisotopic (exact) mass is 268 g/mol. The fourth-order valence-corrected chi connectivity index (χ4v) is 1.55. The van der Waals surface area contributed by atoms with E-state index in [2.05, 4.69) is 11.1 Å². The summed E-state index contributed by atoms with van der Waals surface area (Å²) in [5.74, 6) is 0. The third-order valence-corrected chi connectivity index (χ3v) is 2.55. The summed E-state index contributed by atoms with van der Waals surface area (Å²) in [6.07, 6.45) is 7.07. The van der Waals surface area contributed by atoms with Crippen LogP contribution < -0.4 is 0 Å². The van der Waals surface area contributed by atoms with Crippen molar-refractivity contribution in [3.8, 4) is 0 Å². The molecule has 0 unspecified atom stereocenters. The third kappa shape index (κ3) is 18.3. The molecular weight excluding hydrogens is 244 g/mol. The first-order chi connectivity index (χ1) is 7.56. The van der Waals surface area contributed by atoms with Crippen LogP contribution in [0.5, 0.6) is 0 Å². The van der Waals surface area contributed by atoms with Gasteiger partial charge in [0.25, 0.3) is 0 Å². The molecule has 0 aliphatic rings. The van der Waals surface area contributed by atoms with Gasteiger partial charge >= 0.3 is 0 Å². The van der Waals surface area contributed by atoms with Crippen molar-refractivity contribution < 1.29 is 21.9 Å². The molecule has 0 atom stereocenters. The first-order valence-electron chi connectivity index (χ1n) is 5.74. The zero-order valence-electron chi connectivity index (χ0n) is 10.8. The molecule has 0 saturated carbocycles. The van der Waals surface area contributed by atoms with Gasteiger partial charge in [0, 0.05) is 14.0 Å². The highest BCUT2D eigenvalue weighted by atomic mass is 32.3. The van der Waals surface area contributed by atoms with Crippen molar-refractivity contribution >= 4 is 10.4 Å². The Kier molecular flexibility index (Phi) is 13.6. The average molecular weight is 268 g/mol. The zero-order chi connectivity index (χ0) is 12.3. The van der Waals surface area contributed by atoms with Crippen LogP contribution in [0.2, 0.25) is 0 Å². The number of hydrogen-bond donors (Lipinski definition) is 0. The van der Waals surface area contributed by atoms with Gasteiger partial charge in [-0.3, -0.25) is 4.18 Å². The summed E-state index contributed by atoms with van der Waals surface area (Å²) in [5, 5.41) is 0. The van der Waals surface area contributed by atoms with Crippen molar-refractivity contribution in [3.05, 3.63) is 7.43 Å². The van der Waals surface area contributed by atoms with Crippen molar-refractivity contribution in [2.24, 2.45) is 0 Å². The van der Waals surface area contributed by atoms with Crippen molar-refractivity contribution in [3.63, 3.8) is 0 Å². The lowest BCUT2D eigenvalue weighted by Gasteiger charge is -2.07. The lowest BCUT2D eigenvalue weighted by molar-refractivity contribution is 0.0939. The van der Waals surface area contributed by atoms with E-state index in [0.29, 0.717) is 6.61 Å². The molecule has 0 amide bonds. The standard InChI is InChI=1S/C10H22O5S.CH3/c1-2-3-4-5-6-7-8-14-9-10-15-16(11,12)13;/h2-10H2,1H3,(H,11,12,13);1H3/q;+1/p-1. The second-order valence-corrected chi connectivity index (χ2v) is 4.66. The van der Waals surface area contributed by atoms with Crippen LogP contribution in [0.4, 0.5) is 0 Å². The topological polar surface area (TPSA) is 75.7 Å². The summed E-state index contributed by atoms with van der Waals surface area (Å²) in [6.45, 7) is 2.72. The molecule has 0 spiro atoms. The molecule has 104 valence electrons. The minimum Gasteiger partial charge on any atom is -0.726 e. The molecule has 0 heterocycles. The molecule has 0 fully saturated rings. The molecule has 0 aromatic rings. The first-order valence-corrected chi connectivity index (χ1v) is 7.07. The molecule has 0 aromatic carbocycles. The Morgan fingerprint density at radius 3 is 2.12 bits per heavy atom. The van der Waals surface area contributed by atoms with Gasteiger partial charge in [-0.25, -0.2) is 8.42 Å². The Bertz CT molecular complexity index is 238. The second-order valence-electron chi connectivity index (χ2n) is 3.61. The Morgan fingerprint density at radius 2 is 1.53 bits per heavy atom. The third-order valence-electron chi connectivity index (χ3n) is 2.10. The van der Waals surface area contributed by atoms with E-state index in [1.165, 1.54) is 25.7 Å². The van der Waals surface area contributed by atoms with Gasteiger partial charge in [0.15, 0.2) is 0 Å². The Balaban J connectivity index is 0. The van der Waals surface area contributed by atoms with Crippen molar-refractivity contribution in [2.75, 3.05) is 19.8 Å². The van der Waals surface area contributed by atoms with E-state index in [9.17, 15) is 13.0 Å². The van der Waals surface area contributed by atoms with Gasteiger partial charge in [-0.1, -0.05) is 39.0 Å². The maximum Gasteiger partial charge on any atom is 0.217 e. The van der Waals surface area contributed by atoms with Crippen LogP contribution in [-0.4, -0.2) is 32.8 Å². The minimum atomic E-state index is -4.56. The van der Waals surface area contributed by atoms with E-state index in [0.717, 1.165) is 12.8 Å². The predicted molar refractivity (Wildman–Crippen MR) is 66.3 cm³/mol. The van der Waals surface area contributed by atoms with Gasteiger partial charge < -0.3 is 9.29 Å². The molecule has 0 saturated heterocycles. The Labute approximate surface area is 105 Å². The van der Waals surface area contributed by atoms with Crippen molar-refractivity contribution in [1.29, 1.82) is 0 Å². The number of ether oxygens (including phenoxy) is 1. The van der Waals surface area contributed by atoms with Gasteiger partial charge in [0.2, 0.25) is 10.4 Å². The van der Waals surface area contributed by atoms with Crippen LogP contribution in [0, 0.1) is 7.43 Å². The van der Waals surface area contributed by atoms with Crippen LogP contribution in [0.1, 0.15) is 45.4 Å². The van der Waals surface area contributed by atoms with Gasteiger partial charge in [-0.15, -0.1) is 0 Å². The molecule has 0 aliphatic heterocycles. The van der Waals surface area contributed by atoms with E-state index in [-0.39, 0.29) is 20.6 Å². The minimum absolute atomic E-state index is 0. The molecule has 6 heteroatoms. The second kappa shape index (κ2) is 12.2. The molecule has 0 radical (unpaired) electrons. The molecule has 0 rings (SSSR count). The van der Waals surface area contributed by atoms with Crippen LogP contribution >= 0.6 is 0 Å². The summed E-state index contributed by atoms with van der Waals surface area (Å²) in [6, 6.07) is 0. The van der Waals surface area contributed by atoms with Gasteiger partial charge in [-0.05, 0) is 6.42 Å². The lowest BCUT2D eigenvalue weighted by atomic mass is 10.1. The molecule has 0 bridgehead atoms. The largest absolute Gasteiger partial charge is 0.726 e. The predicted octanol–water partition coefficient (Wildman–Crippen LogP) is 2.29. The van der Waals surface area contributed by atoms with Crippen LogP contribution in [0.25, 0.3) is 0 Å². The zero-order valence-corrected chi connectivity index (χ0v) is 11.6. The smallest absolute Gasteiger partial charge is 0.217 e. The fraction of sp³-hybridized carbons (Fsp3) is 0.909. The van der Waals surface area contributed by atoms with Crippen LogP contribution in [0.3, 0.4) is 0 Å². The average Bonchev–Trinajstić information content (AvgIpc) is 2.19. The molecule has 0 aliphatic carbocycles. The van der Waals surface area contributed by atoms with E-state index < -0.39 is 10.4 Å². The SMILES string of the molecule is CCCCCCCCOCCOS(=O)(=O)[O-].[CH3+]. The van der Waals surface area contributed by atoms with Crippen molar-refractivity contribution in [2.45, 2.75) is 45.4 Å². The van der Waals surface area contributed by atoms with Gasteiger partial charge in [0.05, 0.1) is 13.2 Å². The maximum atomic E-state index is 10.0. The van der Waals surface area contributed by atoms with E-state index in [1.807, 2.05) is 0 Å². The van der Waals surface area contributed by atoms with Gasteiger partial charge in [0.1, 0.15) is 0 Å². The maximum absolute atomic E-state index is 10.0. The Morgan fingerprint density at radius 1 is 0.941 bits per heavy atom. The normalized spacial score (nSPS) is 11.2. The van der Waals surface area contributed by atoms with Crippen molar-refractivity contribution in [1.82, 2.24) is 0 Å². The number of unbranched alkanes of at least 4 members (excludes halogenated alkanes) is 5. The fourth-order valence-electron chi connectivity index (χ4n) is 1.28. The molecule has 0 aromatic heterocycles. The first kappa shape index (κ1) is 19.0. The summed E-state index contributed by atoms with van der Waals surface area (Å²) in [4.78, 5) is 0. The quantitative estimate of drug-likeness (QED) is 0.249. The summed E-state index contributed by atoms with van der Waals surface area (Å²) in [5.41, 5.74) is 0. The number of hydrogen-bond acceptors (Lipinski definition) is 5. The summed E-state index contributed by atoms with van der Waals surface area (Å²) >= 11 is 0. The molecule has 17 heavy (non-hydrogen) atoms. The molecule has 0 N–H and O–H groups in total.